The topological polar surface area (TPSA) is 40.5 Å². The van der Waals surface area contributed by atoms with Gasteiger partial charge in [0.2, 0.25) is 0 Å². The van der Waals surface area contributed by atoms with E-state index in [1.54, 1.807) is 4.90 Å². The Morgan fingerprint density at radius 1 is 1.40 bits per heavy atom. The molecule has 1 aromatic rings. The van der Waals surface area contributed by atoms with Crippen LogP contribution in [-0.2, 0) is 11.3 Å². The fourth-order valence-corrected chi connectivity index (χ4v) is 3.05. The van der Waals surface area contributed by atoms with Crippen LogP contribution >= 0.6 is 0 Å². The summed E-state index contributed by atoms with van der Waals surface area (Å²) in [6.45, 7) is 4.29. The molecule has 0 spiro atoms. The molecule has 0 saturated carbocycles. The average molecular weight is 283 g/mol. The number of aliphatic carboxylic acids is 1. The minimum Gasteiger partial charge on any atom is -0.480 e. The van der Waals surface area contributed by atoms with E-state index in [0.717, 1.165) is 12.8 Å². The van der Waals surface area contributed by atoms with E-state index in [0.29, 0.717) is 6.54 Å². The fraction of sp³-hybridized carbons (Fsp3) is 0.533. The van der Waals surface area contributed by atoms with E-state index in [2.05, 4.69) is 0 Å². The Balaban J connectivity index is 2.29. The van der Waals surface area contributed by atoms with Crippen LogP contribution in [-0.4, -0.2) is 28.6 Å². The predicted octanol–water partition coefficient (Wildman–Crippen LogP) is 3.04. The Hall–Kier alpha value is -1.49. The van der Waals surface area contributed by atoms with Crippen LogP contribution in [0.25, 0.3) is 0 Å². The number of likely N-dealkylation sites (tertiary alicyclic amines) is 1. The molecule has 0 amide bonds. The van der Waals surface area contributed by atoms with Crippen LogP contribution in [0.4, 0.5) is 8.78 Å². The maximum Gasteiger partial charge on any atom is 0.321 e. The smallest absolute Gasteiger partial charge is 0.321 e. The first-order valence-corrected chi connectivity index (χ1v) is 6.72. The quantitative estimate of drug-likeness (QED) is 0.927. The van der Waals surface area contributed by atoms with Gasteiger partial charge in [0.05, 0.1) is 0 Å². The first-order chi connectivity index (χ1) is 9.33. The predicted molar refractivity (Wildman–Crippen MR) is 71.2 cm³/mol. The molecule has 1 aliphatic rings. The van der Waals surface area contributed by atoms with Crippen LogP contribution < -0.4 is 0 Å². The summed E-state index contributed by atoms with van der Waals surface area (Å²) in [5.41, 5.74) is -0.470. The van der Waals surface area contributed by atoms with Gasteiger partial charge in [0.1, 0.15) is 17.7 Å². The zero-order valence-corrected chi connectivity index (χ0v) is 11.7. The summed E-state index contributed by atoms with van der Waals surface area (Å²) in [5, 5.41) is 9.43. The van der Waals surface area contributed by atoms with Crippen molar-refractivity contribution in [3.63, 3.8) is 0 Å². The summed E-state index contributed by atoms with van der Waals surface area (Å²) >= 11 is 0. The highest BCUT2D eigenvalue weighted by Gasteiger charge is 2.42. The number of carbonyl (C=O) groups is 1. The lowest BCUT2D eigenvalue weighted by Gasteiger charge is -2.44. The number of rotatable bonds is 3. The highest BCUT2D eigenvalue weighted by atomic mass is 19.1. The van der Waals surface area contributed by atoms with Crippen LogP contribution in [0.15, 0.2) is 18.2 Å². The lowest BCUT2D eigenvalue weighted by molar-refractivity contribution is -0.151. The van der Waals surface area contributed by atoms with Crippen molar-refractivity contribution in [2.75, 3.05) is 6.54 Å². The van der Waals surface area contributed by atoms with Gasteiger partial charge in [-0.3, -0.25) is 9.69 Å². The highest BCUT2D eigenvalue weighted by Crippen LogP contribution is 2.36. The number of benzene rings is 1. The Kier molecular flexibility index (Phi) is 4.09. The molecule has 0 aliphatic carbocycles. The van der Waals surface area contributed by atoms with E-state index in [1.807, 2.05) is 13.8 Å². The van der Waals surface area contributed by atoms with Crippen molar-refractivity contribution in [3.8, 4) is 0 Å². The molecular weight excluding hydrogens is 264 g/mol. The molecule has 1 atom stereocenters. The number of carboxylic acid groups (broad SMARTS) is 1. The molecule has 20 heavy (non-hydrogen) atoms. The molecule has 0 bridgehead atoms. The van der Waals surface area contributed by atoms with Crippen molar-refractivity contribution in [3.05, 3.63) is 35.4 Å². The third kappa shape index (κ3) is 2.82. The molecule has 1 fully saturated rings. The van der Waals surface area contributed by atoms with Gasteiger partial charge < -0.3 is 5.11 Å². The van der Waals surface area contributed by atoms with Crippen molar-refractivity contribution < 1.29 is 18.7 Å². The molecule has 1 N–H and O–H groups in total. The van der Waals surface area contributed by atoms with E-state index >= 15 is 0 Å². The second-order valence-electron chi connectivity index (χ2n) is 6.00. The van der Waals surface area contributed by atoms with Gasteiger partial charge in [0.25, 0.3) is 0 Å². The Labute approximate surface area is 117 Å². The molecule has 2 rings (SSSR count). The average Bonchev–Trinajstić information content (AvgIpc) is 2.32. The van der Waals surface area contributed by atoms with Gasteiger partial charge in [-0.25, -0.2) is 8.78 Å². The Morgan fingerprint density at radius 2 is 2.00 bits per heavy atom. The molecule has 1 aromatic carbocycles. The first-order valence-electron chi connectivity index (χ1n) is 6.72. The number of carboxylic acids is 1. The maximum atomic E-state index is 13.7. The van der Waals surface area contributed by atoms with Crippen molar-refractivity contribution in [2.24, 2.45) is 5.41 Å². The molecule has 3 nitrogen and oxygen atoms in total. The van der Waals surface area contributed by atoms with Crippen molar-refractivity contribution in [1.29, 1.82) is 0 Å². The van der Waals surface area contributed by atoms with Crippen molar-refractivity contribution in [2.45, 2.75) is 39.3 Å². The van der Waals surface area contributed by atoms with Gasteiger partial charge in [-0.1, -0.05) is 19.9 Å². The zero-order chi connectivity index (χ0) is 14.9. The van der Waals surface area contributed by atoms with E-state index in [9.17, 15) is 18.7 Å². The largest absolute Gasteiger partial charge is 0.480 e. The van der Waals surface area contributed by atoms with Crippen LogP contribution in [0, 0.1) is 17.0 Å². The normalized spacial score (nSPS) is 22.7. The summed E-state index contributed by atoms with van der Waals surface area (Å²) in [4.78, 5) is 13.2. The summed E-state index contributed by atoms with van der Waals surface area (Å²) in [7, 11) is 0. The molecular formula is C15H19F2NO2. The highest BCUT2D eigenvalue weighted by molar-refractivity contribution is 5.74. The minimum absolute atomic E-state index is 0.0150. The number of piperidine rings is 1. The van der Waals surface area contributed by atoms with Gasteiger partial charge >= 0.3 is 5.97 Å². The second kappa shape index (κ2) is 5.48. The number of hydrogen-bond donors (Lipinski definition) is 1. The Bertz CT molecular complexity index is 496. The van der Waals surface area contributed by atoms with E-state index in [4.69, 9.17) is 0 Å². The summed E-state index contributed by atoms with van der Waals surface area (Å²) in [5.74, 6) is -2.19. The SMILES string of the molecule is CC1(C)CCCN(Cc2c(F)cccc2F)C1C(=O)O. The summed E-state index contributed by atoms with van der Waals surface area (Å²) in [6, 6.07) is 2.98. The number of halogens is 2. The zero-order valence-electron chi connectivity index (χ0n) is 11.7. The van der Waals surface area contributed by atoms with E-state index in [-0.39, 0.29) is 12.1 Å². The first kappa shape index (κ1) is 14.9. The molecule has 1 aliphatic heterocycles. The van der Waals surface area contributed by atoms with Crippen LogP contribution in [0.1, 0.15) is 32.3 Å². The maximum absolute atomic E-state index is 13.7. The molecule has 0 aromatic heterocycles. The van der Waals surface area contributed by atoms with Gasteiger partial charge in [-0.2, -0.15) is 0 Å². The standard InChI is InChI=1S/C15H19F2NO2/c1-15(2)7-4-8-18(13(15)14(19)20)9-10-11(16)5-3-6-12(10)17/h3,5-6,13H,4,7-9H2,1-2H3,(H,19,20). The summed E-state index contributed by atoms with van der Waals surface area (Å²) < 4.78 is 27.4. The lowest BCUT2D eigenvalue weighted by atomic mass is 9.76. The Morgan fingerprint density at radius 3 is 2.55 bits per heavy atom. The molecule has 1 unspecified atom stereocenters. The van der Waals surface area contributed by atoms with Crippen molar-refractivity contribution >= 4 is 5.97 Å². The molecule has 0 radical (unpaired) electrons. The monoisotopic (exact) mass is 283 g/mol. The third-order valence-corrected chi connectivity index (χ3v) is 4.03. The number of nitrogens with zero attached hydrogens (tertiary/aromatic N) is 1. The van der Waals surface area contributed by atoms with Crippen molar-refractivity contribution in [1.82, 2.24) is 4.90 Å². The molecule has 1 saturated heterocycles. The van der Waals surface area contributed by atoms with Gasteiger partial charge in [0, 0.05) is 12.1 Å². The van der Waals surface area contributed by atoms with E-state index in [1.165, 1.54) is 18.2 Å². The minimum atomic E-state index is -0.938. The van der Waals surface area contributed by atoms with Crippen LogP contribution in [0.5, 0.6) is 0 Å². The third-order valence-electron chi connectivity index (χ3n) is 4.03. The van der Waals surface area contributed by atoms with Gasteiger partial charge in [-0.05, 0) is 36.9 Å². The van der Waals surface area contributed by atoms with Gasteiger partial charge in [-0.15, -0.1) is 0 Å². The van der Waals surface area contributed by atoms with E-state index < -0.39 is 29.1 Å². The molecule has 1 heterocycles. The number of hydrogen-bond acceptors (Lipinski definition) is 2. The molecule has 110 valence electrons. The van der Waals surface area contributed by atoms with Crippen LogP contribution in [0.2, 0.25) is 0 Å². The second-order valence-corrected chi connectivity index (χ2v) is 6.00. The van der Waals surface area contributed by atoms with Crippen LogP contribution in [0.3, 0.4) is 0 Å². The lowest BCUT2D eigenvalue weighted by Crippen LogP contribution is -2.53. The summed E-state index contributed by atoms with van der Waals surface area (Å²) in [6.07, 6.45) is 1.62. The van der Waals surface area contributed by atoms with Gasteiger partial charge in [0.15, 0.2) is 0 Å². The fourth-order valence-electron chi connectivity index (χ4n) is 3.05. The molecule has 5 heteroatoms.